The van der Waals surface area contributed by atoms with Crippen LogP contribution in [0.4, 0.5) is 0 Å². The van der Waals surface area contributed by atoms with E-state index < -0.39 is 16.0 Å². The molecular weight excluding hydrogens is 306 g/mol. The van der Waals surface area contributed by atoms with Gasteiger partial charge < -0.3 is 4.74 Å². The molecule has 0 fully saturated rings. The Balaban J connectivity index is 2.81. The Bertz CT molecular complexity index is 522. The van der Waals surface area contributed by atoms with E-state index >= 15 is 0 Å². The molecule has 0 unspecified atom stereocenters. The molecule has 0 radical (unpaired) electrons. The molecule has 0 saturated heterocycles. The van der Waals surface area contributed by atoms with Crippen molar-refractivity contribution in [2.75, 3.05) is 32.2 Å². The first-order valence-electron chi connectivity index (χ1n) is 5.66. The zero-order valence-corrected chi connectivity index (χ0v) is 13.5. The molecule has 5 nitrogen and oxygen atoms in total. The van der Waals surface area contributed by atoms with Crippen molar-refractivity contribution in [1.29, 1.82) is 0 Å². The van der Waals surface area contributed by atoms with E-state index in [9.17, 15) is 13.2 Å². The van der Waals surface area contributed by atoms with E-state index in [4.69, 9.17) is 4.74 Å². The lowest BCUT2D eigenvalue weighted by molar-refractivity contribution is 0.0532. The first kappa shape index (κ1) is 16.5. The third-order valence-electron chi connectivity index (χ3n) is 2.24. The van der Waals surface area contributed by atoms with E-state index in [1.54, 1.807) is 17.1 Å². The molecule has 1 aromatic heterocycles. The van der Waals surface area contributed by atoms with Crippen LogP contribution < -0.4 is 0 Å². The molecule has 0 atom stereocenters. The first-order valence-corrected chi connectivity index (χ1v) is 9.13. The number of carbonyl (C=O) groups is 1. The summed E-state index contributed by atoms with van der Waals surface area (Å²) in [5, 5.41) is 1.58. The second-order valence-electron chi connectivity index (χ2n) is 3.73. The van der Waals surface area contributed by atoms with Gasteiger partial charge in [0.1, 0.15) is 16.4 Å². The van der Waals surface area contributed by atoms with E-state index in [0.29, 0.717) is 5.75 Å². The van der Waals surface area contributed by atoms with Gasteiger partial charge in [0.15, 0.2) is 0 Å². The van der Waals surface area contributed by atoms with Crippen LogP contribution in [0.15, 0.2) is 16.3 Å². The fourth-order valence-electron chi connectivity index (χ4n) is 1.25. The van der Waals surface area contributed by atoms with Gasteiger partial charge in [0.05, 0.1) is 0 Å². The number of carbonyl (C=O) groups excluding carboxylic acids is 1. The summed E-state index contributed by atoms with van der Waals surface area (Å²) in [6.07, 6.45) is 0. The first-order chi connectivity index (χ1) is 8.91. The number of nitrogens with zero attached hydrogens (tertiary/aromatic N) is 1. The molecule has 1 aromatic rings. The SMILES string of the molecule is CCSCCOC(=O)c1sccc1S(=O)(=O)N(C)C. The summed E-state index contributed by atoms with van der Waals surface area (Å²) in [6.45, 7) is 2.31. The zero-order chi connectivity index (χ0) is 14.5. The molecule has 0 aliphatic carbocycles. The minimum absolute atomic E-state index is 0.00986. The van der Waals surface area contributed by atoms with Gasteiger partial charge in [-0.1, -0.05) is 6.92 Å². The van der Waals surface area contributed by atoms with Crippen molar-refractivity contribution >= 4 is 39.1 Å². The van der Waals surface area contributed by atoms with Crippen molar-refractivity contribution in [3.8, 4) is 0 Å². The van der Waals surface area contributed by atoms with Crippen molar-refractivity contribution in [2.24, 2.45) is 0 Å². The molecule has 8 heteroatoms. The number of esters is 1. The predicted molar refractivity (Wildman–Crippen MR) is 78.5 cm³/mol. The topological polar surface area (TPSA) is 63.7 Å². The summed E-state index contributed by atoms with van der Waals surface area (Å²) in [5.41, 5.74) is 0. The second-order valence-corrected chi connectivity index (χ2v) is 8.16. The maximum atomic E-state index is 12.0. The fourth-order valence-corrected chi connectivity index (χ4v) is 3.92. The third kappa shape index (κ3) is 4.20. The summed E-state index contributed by atoms with van der Waals surface area (Å²) in [6, 6.07) is 1.43. The number of hydrogen-bond donors (Lipinski definition) is 0. The van der Waals surface area contributed by atoms with Gasteiger partial charge in [0.25, 0.3) is 0 Å². The van der Waals surface area contributed by atoms with Crippen molar-refractivity contribution in [3.05, 3.63) is 16.3 Å². The van der Waals surface area contributed by atoms with E-state index in [2.05, 4.69) is 0 Å². The summed E-state index contributed by atoms with van der Waals surface area (Å²) in [4.78, 5) is 12.0. The molecule has 0 aliphatic rings. The number of rotatable bonds is 7. The van der Waals surface area contributed by atoms with Crippen LogP contribution >= 0.6 is 23.1 Å². The summed E-state index contributed by atoms with van der Waals surface area (Å²) < 4.78 is 30.2. The number of sulfonamides is 1. The molecule has 0 N–H and O–H groups in total. The summed E-state index contributed by atoms with van der Waals surface area (Å²) in [5.74, 6) is 1.09. The van der Waals surface area contributed by atoms with Gasteiger partial charge >= 0.3 is 5.97 Å². The highest BCUT2D eigenvalue weighted by Crippen LogP contribution is 2.24. The largest absolute Gasteiger partial charge is 0.461 e. The van der Waals surface area contributed by atoms with Crippen LogP contribution in [0.3, 0.4) is 0 Å². The van der Waals surface area contributed by atoms with Crippen molar-refractivity contribution in [2.45, 2.75) is 11.8 Å². The highest BCUT2D eigenvalue weighted by atomic mass is 32.2. The number of ether oxygens (including phenoxy) is 1. The van der Waals surface area contributed by atoms with Gasteiger partial charge in [-0.15, -0.1) is 11.3 Å². The Morgan fingerprint density at radius 1 is 1.47 bits per heavy atom. The smallest absolute Gasteiger partial charge is 0.349 e. The molecule has 0 saturated carbocycles. The van der Waals surface area contributed by atoms with Gasteiger partial charge in [0.2, 0.25) is 10.0 Å². The minimum atomic E-state index is -3.61. The maximum Gasteiger partial charge on any atom is 0.349 e. The normalized spacial score (nSPS) is 11.8. The maximum absolute atomic E-state index is 12.0. The quantitative estimate of drug-likeness (QED) is 0.566. The third-order valence-corrected chi connectivity index (χ3v) is 5.98. The standard InChI is InChI=1S/C11H17NO4S3/c1-4-17-8-6-16-11(13)10-9(5-7-18-10)19(14,15)12(2)3/h5,7H,4,6,8H2,1-3H3. The lowest BCUT2D eigenvalue weighted by atomic mass is 10.5. The molecule has 0 amide bonds. The monoisotopic (exact) mass is 323 g/mol. The van der Waals surface area contributed by atoms with Crippen molar-refractivity contribution in [1.82, 2.24) is 4.31 Å². The Morgan fingerprint density at radius 3 is 2.74 bits per heavy atom. The molecule has 0 spiro atoms. The average molecular weight is 323 g/mol. The zero-order valence-electron chi connectivity index (χ0n) is 11.1. The minimum Gasteiger partial charge on any atom is -0.461 e. The van der Waals surface area contributed by atoms with Crippen LogP contribution in [-0.2, 0) is 14.8 Å². The van der Waals surface area contributed by atoms with Gasteiger partial charge in [-0.25, -0.2) is 17.5 Å². The van der Waals surface area contributed by atoms with Crippen LogP contribution in [0.1, 0.15) is 16.6 Å². The summed E-state index contributed by atoms with van der Waals surface area (Å²) in [7, 11) is -0.746. The van der Waals surface area contributed by atoms with E-state index in [0.717, 1.165) is 21.4 Å². The van der Waals surface area contributed by atoms with Crippen LogP contribution in [0.25, 0.3) is 0 Å². The van der Waals surface area contributed by atoms with Crippen LogP contribution in [0, 0.1) is 0 Å². The Morgan fingerprint density at radius 2 is 2.16 bits per heavy atom. The molecule has 0 aromatic carbocycles. The lowest BCUT2D eigenvalue weighted by Crippen LogP contribution is -2.23. The Kier molecular flexibility index (Phi) is 6.31. The molecule has 19 heavy (non-hydrogen) atoms. The van der Waals surface area contributed by atoms with Crippen molar-refractivity contribution < 1.29 is 17.9 Å². The Hall–Kier alpha value is -0.570. The van der Waals surface area contributed by atoms with Crippen molar-refractivity contribution in [3.63, 3.8) is 0 Å². The average Bonchev–Trinajstić information content (AvgIpc) is 2.84. The number of hydrogen-bond acceptors (Lipinski definition) is 6. The van der Waals surface area contributed by atoms with E-state index in [1.165, 1.54) is 20.2 Å². The fraction of sp³-hybridized carbons (Fsp3) is 0.545. The van der Waals surface area contributed by atoms with Gasteiger partial charge in [0, 0.05) is 19.8 Å². The highest BCUT2D eigenvalue weighted by Gasteiger charge is 2.26. The van der Waals surface area contributed by atoms with E-state index in [-0.39, 0.29) is 16.4 Å². The molecule has 0 bridgehead atoms. The molecule has 1 heterocycles. The molecule has 1 rings (SSSR count). The van der Waals surface area contributed by atoms with Gasteiger partial charge in [-0.2, -0.15) is 11.8 Å². The van der Waals surface area contributed by atoms with E-state index in [1.807, 2.05) is 6.92 Å². The second kappa shape index (κ2) is 7.28. The number of thioether (sulfide) groups is 1. The Labute approximate surface area is 122 Å². The lowest BCUT2D eigenvalue weighted by Gasteiger charge is -2.11. The molecule has 108 valence electrons. The predicted octanol–water partition coefficient (Wildman–Crippen LogP) is 1.91. The van der Waals surface area contributed by atoms with Gasteiger partial charge in [-0.3, -0.25) is 0 Å². The summed E-state index contributed by atoms with van der Waals surface area (Å²) >= 11 is 2.74. The van der Waals surface area contributed by atoms with Gasteiger partial charge in [-0.05, 0) is 17.2 Å². The molecule has 0 aliphatic heterocycles. The number of thiophene rings is 1. The van der Waals surface area contributed by atoms with Crippen LogP contribution in [-0.4, -0.2) is 50.9 Å². The highest BCUT2D eigenvalue weighted by molar-refractivity contribution is 7.99. The van der Waals surface area contributed by atoms with Crippen LogP contribution in [0.5, 0.6) is 0 Å². The van der Waals surface area contributed by atoms with Crippen LogP contribution in [0.2, 0.25) is 0 Å². The molecular formula is C11H17NO4S3.